The van der Waals surface area contributed by atoms with Crippen molar-refractivity contribution >= 4 is 30.3 Å². The van der Waals surface area contributed by atoms with Crippen molar-refractivity contribution in [1.82, 2.24) is 20.9 Å². The number of nitrogens with one attached hydrogen (secondary N) is 3. The summed E-state index contributed by atoms with van der Waals surface area (Å²) < 4.78 is 0. The third-order valence-corrected chi connectivity index (χ3v) is 5.34. The summed E-state index contributed by atoms with van der Waals surface area (Å²) in [5.74, 6) is -1.55. The molecule has 0 aliphatic carbocycles. The molecule has 37 heavy (non-hydrogen) atoms. The first-order chi connectivity index (χ1) is 17.5. The van der Waals surface area contributed by atoms with Gasteiger partial charge in [0.15, 0.2) is 0 Å². The smallest absolute Gasteiger partial charge is 0.423 e. The highest BCUT2D eigenvalue weighted by atomic mass is 16.4. The number of carbonyl (C=O) groups excluding carboxylic acids is 3. The molecule has 0 aliphatic rings. The van der Waals surface area contributed by atoms with Crippen LogP contribution in [0.1, 0.15) is 43.2 Å². The van der Waals surface area contributed by atoms with Crippen LogP contribution in [0.15, 0.2) is 72.9 Å². The Morgan fingerprint density at radius 3 is 2.35 bits per heavy atom. The summed E-state index contributed by atoms with van der Waals surface area (Å²) in [6.45, 7) is 5.52. The van der Waals surface area contributed by atoms with Crippen molar-refractivity contribution in [2.24, 2.45) is 0 Å². The lowest BCUT2D eigenvalue weighted by molar-refractivity contribution is -0.129. The Hall–Kier alpha value is -4.02. The van der Waals surface area contributed by atoms with Crippen LogP contribution in [0.3, 0.4) is 0 Å². The third-order valence-electron chi connectivity index (χ3n) is 5.34. The number of hydrogen-bond donors (Lipinski definition) is 5. The fourth-order valence-electron chi connectivity index (χ4n) is 3.64. The van der Waals surface area contributed by atoms with E-state index in [9.17, 15) is 24.4 Å². The normalized spacial score (nSPS) is 11.8. The first-order valence-corrected chi connectivity index (χ1v) is 11.9. The van der Waals surface area contributed by atoms with Gasteiger partial charge in [0.1, 0.15) is 11.7 Å². The number of aromatic nitrogens is 1. The van der Waals surface area contributed by atoms with Crippen molar-refractivity contribution < 1.29 is 24.4 Å². The highest BCUT2D eigenvalue weighted by Crippen LogP contribution is 2.19. The maximum atomic E-state index is 13.1. The molecule has 2 aromatic carbocycles. The van der Waals surface area contributed by atoms with Crippen molar-refractivity contribution in [1.29, 1.82) is 0 Å². The first-order valence-electron chi connectivity index (χ1n) is 11.9. The molecule has 0 unspecified atom stereocenters. The van der Waals surface area contributed by atoms with Crippen LogP contribution in [0.25, 0.3) is 11.1 Å². The second-order valence-electron chi connectivity index (χ2n) is 9.66. The second kappa shape index (κ2) is 12.3. The van der Waals surface area contributed by atoms with Gasteiger partial charge in [-0.3, -0.25) is 19.4 Å². The van der Waals surface area contributed by atoms with E-state index in [0.29, 0.717) is 5.56 Å². The molecule has 0 radical (unpaired) electrons. The van der Waals surface area contributed by atoms with Crippen molar-refractivity contribution in [3.05, 3.63) is 84.2 Å². The molecule has 0 bridgehead atoms. The minimum Gasteiger partial charge on any atom is -0.423 e. The Morgan fingerprint density at radius 2 is 1.68 bits per heavy atom. The van der Waals surface area contributed by atoms with E-state index in [1.165, 1.54) is 6.20 Å². The number of rotatable bonds is 9. The Morgan fingerprint density at radius 1 is 0.946 bits per heavy atom. The van der Waals surface area contributed by atoms with E-state index in [-0.39, 0.29) is 24.1 Å². The van der Waals surface area contributed by atoms with Crippen LogP contribution in [-0.4, -0.2) is 51.5 Å². The Labute approximate surface area is 216 Å². The van der Waals surface area contributed by atoms with Crippen molar-refractivity contribution in [2.45, 2.75) is 45.3 Å². The fraction of sp³-hybridized carbons (Fsp3) is 0.259. The number of benzene rings is 2. The van der Waals surface area contributed by atoms with Crippen LogP contribution in [-0.2, 0) is 16.1 Å². The molecular formula is C27H31BN4O5. The minimum absolute atomic E-state index is 0.0639. The predicted octanol–water partition coefficient (Wildman–Crippen LogP) is 1.15. The molecule has 3 rings (SSSR count). The van der Waals surface area contributed by atoms with Gasteiger partial charge in [-0.05, 0) is 55.1 Å². The van der Waals surface area contributed by atoms with Crippen LogP contribution in [0, 0.1) is 0 Å². The third kappa shape index (κ3) is 8.55. The maximum Gasteiger partial charge on any atom is 0.488 e. The second-order valence-corrected chi connectivity index (χ2v) is 9.66. The Bertz CT molecular complexity index is 1240. The van der Waals surface area contributed by atoms with Gasteiger partial charge in [0.25, 0.3) is 5.91 Å². The van der Waals surface area contributed by atoms with E-state index in [4.69, 9.17) is 0 Å². The predicted molar refractivity (Wildman–Crippen MR) is 142 cm³/mol. The summed E-state index contributed by atoms with van der Waals surface area (Å²) in [6.07, 6.45) is 1.24. The van der Waals surface area contributed by atoms with Crippen molar-refractivity contribution in [3.8, 4) is 11.1 Å². The van der Waals surface area contributed by atoms with E-state index >= 15 is 0 Å². The summed E-state index contributed by atoms with van der Waals surface area (Å²) in [5, 5.41) is 26.9. The highest BCUT2D eigenvalue weighted by molar-refractivity contribution is 6.58. The Balaban J connectivity index is 1.76. The summed E-state index contributed by atoms with van der Waals surface area (Å²) in [6, 6.07) is 18.2. The number of nitrogens with zero attached hydrogens (tertiary/aromatic N) is 1. The first kappa shape index (κ1) is 27.6. The molecule has 5 N–H and O–H groups in total. The summed E-state index contributed by atoms with van der Waals surface area (Å²) in [7, 11) is -1.64. The molecule has 0 fully saturated rings. The highest BCUT2D eigenvalue weighted by Gasteiger charge is 2.26. The molecule has 3 aromatic rings. The quantitative estimate of drug-likeness (QED) is 0.278. The van der Waals surface area contributed by atoms with Gasteiger partial charge < -0.3 is 26.0 Å². The Kier molecular flexibility index (Phi) is 9.16. The van der Waals surface area contributed by atoms with Crippen LogP contribution in [0.4, 0.5) is 0 Å². The standard InChI is InChI=1S/C27H31BN4O5/c1-27(2,3)32-24(33)16-23(25(34)30-17-18-8-7-11-21(14-18)28(36)37)31-26(35)22-15-20(12-13-29-22)19-9-5-4-6-10-19/h4-15,23,36-37H,16-17H2,1-3H3,(H,30,34)(H,31,35)(H,32,33)/t23-/m0/s1. The lowest BCUT2D eigenvalue weighted by atomic mass is 9.79. The number of carbonyl (C=O) groups is 3. The topological polar surface area (TPSA) is 141 Å². The molecule has 1 atom stereocenters. The van der Waals surface area contributed by atoms with Crippen LogP contribution < -0.4 is 21.4 Å². The van der Waals surface area contributed by atoms with Crippen molar-refractivity contribution in [3.63, 3.8) is 0 Å². The molecule has 1 aromatic heterocycles. The summed E-state index contributed by atoms with van der Waals surface area (Å²) in [5.41, 5.74) is 2.20. The van der Waals surface area contributed by atoms with E-state index in [2.05, 4.69) is 20.9 Å². The van der Waals surface area contributed by atoms with Gasteiger partial charge in [-0.1, -0.05) is 54.6 Å². The average molecular weight is 502 g/mol. The van der Waals surface area contributed by atoms with Gasteiger partial charge in [0.2, 0.25) is 11.8 Å². The summed E-state index contributed by atoms with van der Waals surface area (Å²) >= 11 is 0. The van der Waals surface area contributed by atoms with Crippen LogP contribution >= 0.6 is 0 Å². The lowest BCUT2D eigenvalue weighted by Gasteiger charge is -2.23. The van der Waals surface area contributed by atoms with E-state index < -0.39 is 36.4 Å². The van der Waals surface area contributed by atoms with Crippen LogP contribution in [0.5, 0.6) is 0 Å². The number of amides is 3. The molecule has 1 heterocycles. The van der Waals surface area contributed by atoms with Gasteiger partial charge in [-0.15, -0.1) is 0 Å². The minimum atomic E-state index is -1.64. The van der Waals surface area contributed by atoms with Gasteiger partial charge in [-0.2, -0.15) is 0 Å². The monoisotopic (exact) mass is 502 g/mol. The largest absolute Gasteiger partial charge is 0.488 e. The molecule has 0 spiro atoms. The lowest BCUT2D eigenvalue weighted by Crippen LogP contribution is -2.51. The van der Waals surface area contributed by atoms with Gasteiger partial charge in [0.05, 0.1) is 6.42 Å². The number of hydrogen-bond acceptors (Lipinski definition) is 6. The molecule has 10 heteroatoms. The zero-order valence-corrected chi connectivity index (χ0v) is 21.1. The molecule has 0 saturated carbocycles. The van der Waals surface area contributed by atoms with Crippen LogP contribution in [0.2, 0.25) is 0 Å². The van der Waals surface area contributed by atoms with E-state index in [0.717, 1.165) is 11.1 Å². The fourth-order valence-corrected chi connectivity index (χ4v) is 3.64. The average Bonchev–Trinajstić information content (AvgIpc) is 2.86. The van der Waals surface area contributed by atoms with Gasteiger partial charge in [0, 0.05) is 18.3 Å². The van der Waals surface area contributed by atoms with E-state index in [1.807, 2.05) is 51.1 Å². The maximum absolute atomic E-state index is 13.1. The molecule has 192 valence electrons. The molecule has 9 nitrogen and oxygen atoms in total. The van der Waals surface area contributed by atoms with Gasteiger partial charge in [-0.25, -0.2) is 0 Å². The summed E-state index contributed by atoms with van der Waals surface area (Å²) in [4.78, 5) is 42.9. The molecular weight excluding hydrogens is 471 g/mol. The molecule has 3 amide bonds. The van der Waals surface area contributed by atoms with Crippen molar-refractivity contribution in [2.75, 3.05) is 0 Å². The molecule has 0 saturated heterocycles. The van der Waals surface area contributed by atoms with Gasteiger partial charge >= 0.3 is 7.12 Å². The number of pyridine rings is 1. The van der Waals surface area contributed by atoms with E-state index in [1.54, 1.807) is 36.4 Å². The zero-order chi connectivity index (χ0) is 27.0. The molecule has 0 aliphatic heterocycles. The zero-order valence-electron chi connectivity index (χ0n) is 21.1. The SMILES string of the molecule is CC(C)(C)NC(=O)C[C@H](NC(=O)c1cc(-c2ccccc2)ccn1)C(=O)NCc1cccc(B(O)O)c1.